The average molecular weight is 304 g/mol. The molecule has 8 heteroatoms. The number of fused-ring (bicyclic) bond motifs is 1. The molecule has 1 amide bonds. The molecule has 19 heavy (non-hydrogen) atoms. The van der Waals surface area contributed by atoms with E-state index in [1.165, 1.54) is 0 Å². The third-order valence-electron chi connectivity index (χ3n) is 2.55. The summed E-state index contributed by atoms with van der Waals surface area (Å²) in [6.07, 6.45) is -1.49. The third kappa shape index (κ3) is 2.98. The number of nitrogens with one attached hydrogen (secondary N) is 2. The quantitative estimate of drug-likeness (QED) is 0.642. The molecule has 0 bridgehead atoms. The van der Waals surface area contributed by atoms with Gasteiger partial charge in [0.25, 0.3) is 5.91 Å². The Bertz CT molecular complexity index is 548. The summed E-state index contributed by atoms with van der Waals surface area (Å²) in [7, 11) is 0. The van der Waals surface area contributed by atoms with Crippen LogP contribution in [0.3, 0.4) is 0 Å². The van der Waals surface area contributed by atoms with Crippen LogP contribution in [0.25, 0.3) is 0 Å². The Balaban J connectivity index is 2.20. The number of carbonyl (C=O) groups excluding carboxylic acids is 1. The lowest BCUT2D eigenvalue weighted by Gasteiger charge is -2.20. The highest BCUT2D eigenvalue weighted by molar-refractivity contribution is 6.42. The highest BCUT2D eigenvalue weighted by Gasteiger charge is 2.20. The first-order valence-corrected chi connectivity index (χ1v) is 6.17. The van der Waals surface area contributed by atoms with Gasteiger partial charge >= 0.3 is 0 Å². The molecule has 0 fully saturated rings. The number of nitrogens with zero attached hydrogens (tertiary/aromatic N) is 1. The summed E-state index contributed by atoms with van der Waals surface area (Å²) in [6, 6.07) is 3.29. The Kier molecular flexibility index (Phi) is 4.26. The minimum atomic E-state index is -1.49. The van der Waals surface area contributed by atoms with E-state index in [9.17, 15) is 4.79 Å². The molecule has 0 saturated carbocycles. The van der Waals surface area contributed by atoms with Crippen molar-refractivity contribution in [2.45, 2.75) is 12.6 Å². The SMILES string of the molecule is O=C(NC1=Nc2ccc(Cl)c(Cl)c2CN1)C(O)CO. The fourth-order valence-electron chi connectivity index (χ4n) is 1.54. The number of halogens is 2. The Morgan fingerprint density at radius 1 is 1.53 bits per heavy atom. The molecule has 0 aromatic heterocycles. The number of aliphatic imine (C=N–C) groups is 1. The van der Waals surface area contributed by atoms with Crippen molar-refractivity contribution < 1.29 is 15.0 Å². The van der Waals surface area contributed by atoms with Crippen LogP contribution in [-0.4, -0.2) is 34.8 Å². The van der Waals surface area contributed by atoms with Crippen LogP contribution in [-0.2, 0) is 11.3 Å². The van der Waals surface area contributed by atoms with E-state index in [2.05, 4.69) is 15.6 Å². The van der Waals surface area contributed by atoms with Crippen molar-refractivity contribution in [2.75, 3.05) is 6.61 Å². The fraction of sp³-hybridized carbons (Fsp3) is 0.273. The maximum atomic E-state index is 11.4. The molecule has 0 saturated heterocycles. The standard InChI is InChI=1S/C11H11Cl2N3O3/c12-6-1-2-7-5(9(6)13)3-14-11(15-7)16-10(19)8(18)4-17/h1-2,8,17-18H,3-4H2,(H2,14,15,16,19). The topological polar surface area (TPSA) is 94.0 Å². The van der Waals surface area contributed by atoms with Crippen LogP contribution in [0, 0.1) is 0 Å². The number of aliphatic hydroxyl groups excluding tert-OH is 2. The van der Waals surface area contributed by atoms with Crippen molar-refractivity contribution >= 4 is 40.8 Å². The molecule has 1 aliphatic heterocycles. The second-order valence-corrected chi connectivity index (χ2v) is 4.65. The van der Waals surface area contributed by atoms with Crippen LogP contribution in [0.2, 0.25) is 10.0 Å². The van der Waals surface area contributed by atoms with Crippen LogP contribution in [0.15, 0.2) is 17.1 Å². The van der Waals surface area contributed by atoms with Crippen molar-refractivity contribution in [1.29, 1.82) is 0 Å². The molecule has 0 aliphatic carbocycles. The summed E-state index contributed by atoms with van der Waals surface area (Å²) < 4.78 is 0. The molecule has 1 atom stereocenters. The van der Waals surface area contributed by atoms with Crippen LogP contribution < -0.4 is 10.6 Å². The zero-order valence-electron chi connectivity index (χ0n) is 9.65. The summed E-state index contributed by atoms with van der Waals surface area (Å²) in [5, 5.41) is 23.8. The Labute approximate surface area is 119 Å². The Hall–Kier alpha value is -1.34. The summed E-state index contributed by atoms with van der Waals surface area (Å²) in [5.41, 5.74) is 1.32. The summed E-state index contributed by atoms with van der Waals surface area (Å²) in [4.78, 5) is 15.5. The number of guanidine groups is 1. The van der Waals surface area contributed by atoms with Gasteiger partial charge in [-0.1, -0.05) is 23.2 Å². The molecule has 1 aromatic carbocycles. The number of aliphatic hydroxyl groups is 2. The summed E-state index contributed by atoms with van der Waals surface area (Å²) in [5.74, 6) is -0.555. The van der Waals surface area contributed by atoms with E-state index in [0.29, 0.717) is 22.3 Å². The third-order valence-corrected chi connectivity index (χ3v) is 3.40. The molecule has 102 valence electrons. The minimum Gasteiger partial charge on any atom is -0.393 e. The van der Waals surface area contributed by atoms with Crippen LogP contribution in [0.1, 0.15) is 5.56 Å². The van der Waals surface area contributed by atoms with Gasteiger partial charge in [-0.15, -0.1) is 0 Å². The molecule has 2 rings (SSSR count). The van der Waals surface area contributed by atoms with Crippen LogP contribution >= 0.6 is 23.2 Å². The molecule has 6 nitrogen and oxygen atoms in total. The smallest absolute Gasteiger partial charge is 0.257 e. The van der Waals surface area contributed by atoms with Crippen molar-refractivity contribution in [3.05, 3.63) is 27.7 Å². The van der Waals surface area contributed by atoms with Gasteiger partial charge in [0.1, 0.15) is 0 Å². The molecule has 0 radical (unpaired) electrons. The number of hydrogen-bond acceptors (Lipinski definition) is 5. The second-order valence-electron chi connectivity index (χ2n) is 3.86. The lowest BCUT2D eigenvalue weighted by molar-refractivity contribution is -0.129. The van der Waals surface area contributed by atoms with E-state index in [-0.39, 0.29) is 5.96 Å². The zero-order valence-corrected chi connectivity index (χ0v) is 11.2. The van der Waals surface area contributed by atoms with E-state index in [4.69, 9.17) is 33.4 Å². The lowest BCUT2D eigenvalue weighted by Crippen LogP contribution is -2.47. The molecule has 1 aromatic rings. The first-order chi connectivity index (χ1) is 9.02. The molecule has 4 N–H and O–H groups in total. The molecular weight excluding hydrogens is 293 g/mol. The van der Waals surface area contributed by atoms with E-state index in [1.54, 1.807) is 12.1 Å². The monoisotopic (exact) mass is 303 g/mol. The highest BCUT2D eigenvalue weighted by Crippen LogP contribution is 2.34. The number of benzene rings is 1. The van der Waals surface area contributed by atoms with Gasteiger partial charge in [-0.25, -0.2) is 4.99 Å². The molecule has 0 spiro atoms. The van der Waals surface area contributed by atoms with Gasteiger partial charge in [0, 0.05) is 12.1 Å². The number of amides is 1. The van der Waals surface area contributed by atoms with Gasteiger partial charge in [0.15, 0.2) is 6.10 Å². The largest absolute Gasteiger partial charge is 0.393 e. The zero-order chi connectivity index (χ0) is 14.0. The van der Waals surface area contributed by atoms with Gasteiger partial charge < -0.3 is 15.5 Å². The first kappa shape index (κ1) is 14.1. The van der Waals surface area contributed by atoms with Crippen LogP contribution in [0.5, 0.6) is 0 Å². The van der Waals surface area contributed by atoms with Gasteiger partial charge in [-0.2, -0.15) is 0 Å². The number of rotatable bonds is 2. The minimum absolute atomic E-state index is 0.184. The average Bonchev–Trinajstić information content (AvgIpc) is 2.42. The van der Waals surface area contributed by atoms with Gasteiger partial charge in [0.2, 0.25) is 5.96 Å². The maximum absolute atomic E-state index is 11.4. The summed E-state index contributed by atoms with van der Waals surface area (Å²) in [6.45, 7) is -0.305. The van der Waals surface area contributed by atoms with Crippen molar-refractivity contribution in [3.8, 4) is 0 Å². The predicted molar refractivity (Wildman–Crippen MR) is 71.6 cm³/mol. The molecule has 1 unspecified atom stereocenters. The van der Waals surface area contributed by atoms with Crippen molar-refractivity contribution in [1.82, 2.24) is 10.6 Å². The van der Waals surface area contributed by atoms with Gasteiger partial charge in [-0.3, -0.25) is 10.1 Å². The van der Waals surface area contributed by atoms with E-state index in [0.717, 1.165) is 5.56 Å². The first-order valence-electron chi connectivity index (χ1n) is 5.42. The van der Waals surface area contributed by atoms with E-state index in [1.807, 2.05) is 0 Å². The summed E-state index contributed by atoms with van der Waals surface area (Å²) >= 11 is 11.9. The normalized spacial score (nSPS) is 15.1. The van der Waals surface area contributed by atoms with E-state index >= 15 is 0 Å². The predicted octanol–water partition coefficient (Wildman–Crippen LogP) is 0.553. The molecular formula is C11H11Cl2N3O3. The van der Waals surface area contributed by atoms with Crippen molar-refractivity contribution in [3.63, 3.8) is 0 Å². The fourth-order valence-corrected chi connectivity index (χ4v) is 1.95. The van der Waals surface area contributed by atoms with Gasteiger partial charge in [0.05, 0.1) is 22.3 Å². The lowest BCUT2D eigenvalue weighted by atomic mass is 10.1. The Morgan fingerprint density at radius 3 is 2.95 bits per heavy atom. The van der Waals surface area contributed by atoms with Crippen molar-refractivity contribution in [2.24, 2.45) is 4.99 Å². The number of hydrogen-bond donors (Lipinski definition) is 4. The van der Waals surface area contributed by atoms with E-state index < -0.39 is 18.6 Å². The molecule has 1 heterocycles. The van der Waals surface area contributed by atoms with Crippen LogP contribution in [0.4, 0.5) is 5.69 Å². The molecule has 1 aliphatic rings. The maximum Gasteiger partial charge on any atom is 0.257 e. The highest BCUT2D eigenvalue weighted by atomic mass is 35.5. The second kappa shape index (κ2) is 5.75. The number of carbonyl (C=O) groups is 1. The Morgan fingerprint density at radius 2 is 2.26 bits per heavy atom. The van der Waals surface area contributed by atoms with Gasteiger partial charge in [-0.05, 0) is 12.1 Å².